The van der Waals surface area contributed by atoms with Gasteiger partial charge in [0.2, 0.25) is 5.95 Å². The summed E-state index contributed by atoms with van der Waals surface area (Å²) in [7, 11) is -0.478. The van der Waals surface area contributed by atoms with E-state index < -0.39 is 18.3 Å². The van der Waals surface area contributed by atoms with Gasteiger partial charge >= 0.3 is 7.12 Å². The maximum Gasteiger partial charge on any atom is 0.498 e. The zero-order valence-electron chi connectivity index (χ0n) is 15.2. The first-order chi connectivity index (χ1) is 11.7. The van der Waals surface area contributed by atoms with Gasteiger partial charge in [0.05, 0.1) is 17.2 Å². The van der Waals surface area contributed by atoms with Gasteiger partial charge in [-0.3, -0.25) is 0 Å². The van der Waals surface area contributed by atoms with Gasteiger partial charge in [-0.25, -0.2) is 14.4 Å². The Balaban J connectivity index is 1.68. The van der Waals surface area contributed by atoms with E-state index in [2.05, 4.69) is 15.3 Å². The lowest BCUT2D eigenvalue weighted by molar-refractivity contribution is 0.00578. The molecule has 0 bridgehead atoms. The monoisotopic (exact) mass is 343 g/mol. The Morgan fingerprint density at radius 3 is 2.04 bits per heavy atom. The number of nitrogens with one attached hydrogen (secondary N) is 1. The van der Waals surface area contributed by atoms with E-state index >= 15 is 0 Å². The molecule has 1 aromatic heterocycles. The molecule has 2 aromatic rings. The van der Waals surface area contributed by atoms with Crippen molar-refractivity contribution in [2.75, 3.05) is 5.32 Å². The number of rotatable bonds is 4. The molecule has 1 aromatic carbocycles. The molecule has 7 heteroatoms. The smallest absolute Gasteiger partial charge is 0.399 e. The number of benzene rings is 1. The standard InChI is InChI=1S/C18H23BFN3O2/c1-12(13-6-8-15(20)9-7-13)23-16-21-10-14(11-22-16)19-24-17(2,3)18(4,5)25-19/h6-12H,1-5H3,(H,21,22,23). The first kappa shape index (κ1) is 17.8. The number of hydrogen-bond acceptors (Lipinski definition) is 5. The van der Waals surface area contributed by atoms with Crippen LogP contribution in [0, 0.1) is 5.82 Å². The Hall–Kier alpha value is -1.99. The van der Waals surface area contributed by atoms with Crippen LogP contribution in [0.4, 0.5) is 10.3 Å². The van der Waals surface area contributed by atoms with E-state index in [1.807, 2.05) is 34.6 Å². The molecule has 1 fully saturated rings. The molecule has 3 rings (SSSR count). The minimum Gasteiger partial charge on any atom is -0.399 e. The van der Waals surface area contributed by atoms with Gasteiger partial charge in [-0.15, -0.1) is 0 Å². The van der Waals surface area contributed by atoms with Crippen LogP contribution in [0.3, 0.4) is 0 Å². The van der Waals surface area contributed by atoms with E-state index in [9.17, 15) is 4.39 Å². The van der Waals surface area contributed by atoms with E-state index in [4.69, 9.17) is 9.31 Å². The van der Waals surface area contributed by atoms with Crippen molar-refractivity contribution in [2.24, 2.45) is 0 Å². The highest BCUT2D eigenvalue weighted by molar-refractivity contribution is 6.61. The fraction of sp³-hybridized carbons (Fsp3) is 0.444. The summed E-state index contributed by atoms with van der Waals surface area (Å²) in [6.07, 6.45) is 3.41. The fourth-order valence-corrected chi connectivity index (χ4v) is 2.54. The largest absolute Gasteiger partial charge is 0.498 e. The molecule has 5 nitrogen and oxygen atoms in total. The molecule has 0 amide bonds. The SMILES string of the molecule is CC(Nc1ncc(B2OC(C)(C)C(C)(C)O2)cn1)c1ccc(F)cc1. The second kappa shape index (κ2) is 6.39. The molecule has 0 radical (unpaired) electrons. The maximum atomic E-state index is 13.0. The summed E-state index contributed by atoms with van der Waals surface area (Å²) in [5.41, 5.74) is 0.941. The summed E-state index contributed by atoms with van der Waals surface area (Å²) in [5, 5.41) is 3.20. The predicted octanol–water partition coefficient (Wildman–Crippen LogP) is 3.09. The van der Waals surface area contributed by atoms with Crippen LogP contribution in [0.5, 0.6) is 0 Å². The zero-order chi connectivity index (χ0) is 18.2. The summed E-state index contributed by atoms with van der Waals surface area (Å²) in [4.78, 5) is 8.69. The number of nitrogens with zero attached hydrogens (tertiary/aromatic N) is 2. The number of halogens is 1. The van der Waals surface area contributed by atoms with E-state index in [-0.39, 0.29) is 11.9 Å². The van der Waals surface area contributed by atoms with Crippen LogP contribution in [-0.4, -0.2) is 28.3 Å². The van der Waals surface area contributed by atoms with Gasteiger partial charge in [0.1, 0.15) is 5.82 Å². The molecular formula is C18H23BFN3O2. The molecule has 0 saturated carbocycles. The Kier molecular flexibility index (Phi) is 4.55. The molecule has 1 unspecified atom stereocenters. The predicted molar refractivity (Wildman–Crippen MR) is 96.2 cm³/mol. The Labute approximate surface area is 148 Å². The molecule has 1 saturated heterocycles. The van der Waals surface area contributed by atoms with Crippen LogP contribution in [0.25, 0.3) is 0 Å². The third-order valence-corrected chi connectivity index (χ3v) is 4.91. The average molecular weight is 343 g/mol. The van der Waals surface area contributed by atoms with Gasteiger partial charge in [-0.05, 0) is 52.3 Å². The van der Waals surface area contributed by atoms with E-state index in [0.29, 0.717) is 5.95 Å². The van der Waals surface area contributed by atoms with Crippen LogP contribution in [0.15, 0.2) is 36.7 Å². The van der Waals surface area contributed by atoms with Gasteiger partial charge in [0, 0.05) is 17.9 Å². The normalized spacial score (nSPS) is 19.7. The Bertz CT molecular complexity index is 719. The Morgan fingerprint density at radius 1 is 1.00 bits per heavy atom. The van der Waals surface area contributed by atoms with E-state index in [1.165, 1.54) is 12.1 Å². The summed E-state index contributed by atoms with van der Waals surface area (Å²) in [6.45, 7) is 10.0. The van der Waals surface area contributed by atoms with Gasteiger partial charge in [-0.2, -0.15) is 0 Å². The van der Waals surface area contributed by atoms with Crippen LogP contribution in [0.1, 0.15) is 46.2 Å². The molecule has 0 aliphatic carbocycles. The van der Waals surface area contributed by atoms with Gasteiger partial charge in [-0.1, -0.05) is 12.1 Å². The summed E-state index contributed by atoms with van der Waals surface area (Å²) < 4.78 is 25.0. The number of aromatic nitrogens is 2. The van der Waals surface area contributed by atoms with Crippen molar-refractivity contribution in [1.82, 2.24) is 9.97 Å². The number of hydrogen-bond donors (Lipinski definition) is 1. The molecule has 0 spiro atoms. The lowest BCUT2D eigenvalue weighted by Crippen LogP contribution is -2.41. The van der Waals surface area contributed by atoms with Crippen molar-refractivity contribution >= 4 is 18.5 Å². The van der Waals surface area contributed by atoms with E-state index in [0.717, 1.165) is 11.0 Å². The first-order valence-corrected chi connectivity index (χ1v) is 8.37. The molecular weight excluding hydrogens is 320 g/mol. The quantitative estimate of drug-likeness (QED) is 0.865. The van der Waals surface area contributed by atoms with Crippen molar-refractivity contribution in [3.63, 3.8) is 0 Å². The second-order valence-electron chi connectivity index (χ2n) is 7.35. The van der Waals surface area contributed by atoms with Gasteiger partial charge < -0.3 is 14.6 Å². The minimum absolute atomic E-state index is 0.0386. The third-order valence-electron chi connectivity index (χ3n) is 4.91. The van der Waals surface area contributed by atoms with Crippen LogP contribution in [-0.2, 0) is 9.31 Å². The molecule has 2 heterocycles. The molecule has 1 aliphatic rings. The minimum atomic E-state index is -0.478. The fourth-order valence-electron chi connectivity index (χ4n) is 2.54. The molecule has 132 valence electrons. The highest BCUT2D eigenvalue weighted by Crippen LogP contribution is 2.36. The second-order valence-corrected chi connectivity index (χ2v) is 7.35. The topological polar surface area (TPSA) is 56.3 Å². The van der Waals surface area contributed by atoms with Crippen LogP contribution >= 0.6 is 0 Å². The van der Waals surface area contributed by atoms with Crippen molar-refractivity contribution in [3.05, 3.63) is 48.0 Å². The molecule has 1 aliphatic heterocycles. The highest BCUT2D eigenvalue weighted by Gasteiger charge is 2.51. The first-order valence-electron chi connectivity index (χ1n) is 8.37. The average Bonchev–Trinajstić information content (AvgIpc) is 2.76. The number of anilines is 1. The lowest BCUT2D eigenvalue weighted by Gasteiger charge is -2.32. The van der Waals surface area contributed by atoms with Crippen LogP contribution < -0.4 is 10.8 Å². The molecule has 25 heavy (non-hydrogen) atoms. The molecule has 1 atom stereocenters. The van der Waals surface area contributed by atoms with Crippen molar-refractivity contribution in [2.45, 2.75) is 51.9 Å². The highest BCUT2D eigenvalue weighted by atomic mass is 19.1. The van der Waals surface area contributed by atoms with Crippen molar-refractivity contribution in [1.29, 1.82) is 0 Å². The van der Waals surface area contributed by atoms with Crippen LogP contribution in [0.2, 0.25) is 0 Å². The lowest BCUT2D eigenvalue weighted by atomic mass is 9.81. The van der Waals surface area contributed by atoms with Gasteiger partial charge in [0.15, 0.2) is 0 Å². The maximum absolute atomic E-state index is 13.0. The summed E-state index contributed by atoms with van der Waals surface area (Å²) in [5.74, 6) is 0.246. The zero-order valence-corrected chi connectivity index (χ0v) is 15.2. The van der Waals surface area contributed by atoms with Crippen molar-refractivity contribution in [3.8, 4) is 0 Å². The van der Waals surface area contributed by atoms with Crippen molar-refractivity contribution < 1.29 is 13.7 Å². The van der Waals surface area contributed by atoms with Gasteiger partial charge in [0.25, 0.3) is 0 Å². The van der Waals surface area contributed by atoms with E-state index in [1.54, 1.807) is 24.5 Å². The third kappa shape index (κ3) is 3.67. The summed E-state index contributed by atoms with van der Waals surface area (Å²) in [6, 6.07) is 6.33. The molecule has 1 N–H and O–H groups in total. The Morgan fingerprint density at radius 2 is 1.52 bits per heavy atom. The summed E-state index contributed by atoms with van der Waals surface area (Å²) >= 11 is 0.